The van der Waals surface area contributed by atoms with Gasteiger partial charge in [0, 0.05) is 19.8 Å². The predicted molar refractivity (Wildman–Crippen MR) is 72.5 cm³/mol. The molecular weight excluding hydrogens is 258 g/mol. The smallest absolute Gasteiger partial charge is 0.335 e. The van der Waals surface area contributed by atoms with Gasteiger partial charge < -0.3 is 15.0 Å². The maximum absolute atomic E-state index is 12.0. The minimum Gasteiger partial charge on any atom is -0.478 e. The van der Waals surface area contributed by atoms with E-state index < -0.39 is 5.97 Å². The summed E-state index contributed by atoms with van der Waals surface area (Å²) in [6, 6.07) is 6.45. The van der Waals surface area contributed by atoms with E-state index in [1.54, 1.807) is 29.9 Å². The molecule has 6 heteroatoms. The third-order valence-electron chi connectivity index (χ3n) is 2.83. The molecule has 1 aromatic carbocycles. The molecule has 0 aliphatic carbocycles. The van der Waals surface area contributed by atoms with Crippen LogP contribution in [0, 0.1) is 6.92 Å². The molecule has 0 radical (unpaired) electrons. The van der Waals surface area contributed by atoms with E-state index in [0.717, 1.165) is 11.3 Å². The summed E-state index contributed by atoms with van der Waals surface area (Å²) >= 11 is 0. The number of imidazole rings is 1. The second-order valence-corrected chi connectivity index (χ2v) is 4.51. The summed E-state index contributed by atoms with van der Waals surface area (Å²) in [5.41, 5.74) is 1.69. The van der Waals surface area contributed by atoms with E-state index in [2.05, 4.69) is 10.3 Å². The number of aromatic nitrogens is 2. The third kappa shape index (κ3) is 3.03. The SMILES string of the molecule is Cc1cn(C)c(C(=O)NCc2cccc(C(=O)O)c2)n1. The number of benzene rings is 1. The van der Waals surface area contributed by atoms with E-state index >= 15 is 0 Å². The summed E-state index contributed by atoms with van der Waals surface area (Å²) in [4.78, 5) is 26.9. The zero-order chi connectivity index (χ0) is 14.7. The van der Waals surface area contributed by atoms with Gasteiger partial charge in [0.1, 0.15) is 0 Å². The Hall–Kier alpha value is -2.63. The number of carbonyl (C=O) groups excluding carboxylic acids is 1. The Morgan fingerprint density at radius 3 is 2.75 bits per heavy atom. The first-order valence-electron chi connectivity index (χ1n) is 6.08. The minimum atomic E-state index is -0.988. The lowest BCUT2D eigenvalue weighted by molar-refractivity contribution is 0.0696. The van der Waals surface area contributed by atoms with E-state index in [1.807, 2.05) is 6.92 Å². The molecule has 2 aromatic rings. The van der Waals surface area contributed by atoms with Crippen molar-refractivity contribution in [1.29, 1.82) is 0 Å². The summed E-state index contributed by atoms with van der Waals surface area (Å²) in [5.74, 6) is -0.948. The second kappa shape index (κ2) is 5.56. The van der Waals surface area contributed by atoms with Crippen LogP contribution < -0.4 is 5.32 Å². The van der Waals surface area contributed by atoms with Crippen LogP contribution in [0.1, 0.15) is 32.2 Å². The van der Waals surface area contributed by atoms with E-state index in [1.165, 1.54) is 12.1 Å². The molecule has 2 N–H and O–H groups in total. The number of carboxylic acids is 1. The van der Waals surface area contributed by atoms with Crippen LogP contribution in [0.15, 0.2) is 30.5 Å². The quantitative estimate of drug-likeness (QED) is 0.880. The lowest BCUT2D eigenvalue weighted by atomic mass is 10.1. The van der Waals surface area contributed by atoms with Gasteiger partial charge in [0.15, 0.2) is 5.82 Å². The number of amides is 1. The molecule has 1 amide bonds. The first kappa shape index (κ1) is 13.8. The normalized spacial score (nSPS) is 10.3. The monoisotopic (exact) mass is 273 g/mol. The highest BCUT2D eigenvalue weighted by Gasteiger charge is 2.12. The molecule has 1 heterocycles. The Morgan fingerprint density at radius 2 is 2.15 bits per heavy atom. The molecule has 0 bridgehead atoms. The van der Waals surface area contributed by atoms with Gasteiger partial charge >= 0.3 is 5.97 Å². The van der Waals surface area contributed by atoms with Gasteiger partial charge in [-0.2, -0.15) is 0 Å². The van der Waals surface area contributed by atoms with Crippen molar-refractivity contribution in [3.05, 3.63) is 53.1 Å². The first-order chi connectivity index (χ1) is 9.47. The highest BCUT2D eigenvalue weighted by molar-refractivity contribution is 5.91. The van der Waals surface area contributed by atoms with E-state index in [4.69, 9.17) is 5.11 Å². The molecule has 6 nitrogen and oxygen atoms in total. The van der Waals surface area contributed by atoms with Gasteiger partial charge in [-0.15, -0.1) is 0 Å². The van der Waals surface area contributed by atoms with Crippen molar-refractivity contribution in [2.75, 3.05) is 0 Å². The van der Waals surface area contributed by atoms with E-state index in [9.17, 15) is 9.59 Å². The van der Waals surface area contributed by atoms with Crippen LogP contribution in [0.4, 0.5) is 0 Å². The second-order valence-electron chi connectivity index (χ2n) is 4.51. The lowest BCUT2D eigenvalue weighted by Crippen LogP contribution is -2.25. The zero-order valence-electron chi connectivity index (χ0n) is 11.3. The molecule has 20 heavy (non-hydrogen) atoms. The number of hydrogen-bond acceptors (Lipinski definition) is 3. The highest BCUT2D eigenvalue weighted by Crippen LogP contribution is 2.06. The highest BCUT2D eigenvalue weighted by atomic mass is 16.4. The fourth-order valence-electron chi connectivity index (χ4n) is 1.90. The molecule has 1 aromatic heterocycles. The Bertz CT molecular complexity index is 661. The van der Waals surface area contributed by atoms with Gasteiger partial charge in [-0.05, 0) is 24.6 Å². The van der Waals surface area contributed by atoms with Gasteiger partial charge in [-0.3, -0.25) is 4.79 Å². The van der Waals surface area contributed by atoms with E-state index in [0.29, 0.717) is 5.82 Å². The molecule has 0 unspecified atom stereocenters. The summed E-state index contributed by atoms with van der Waals surface area (Å²) in [6.07, 6.45) is 1.76. The fraction of sp³-hybridized carbons (Fsp3) is 0.214. The van der Waals surface area contributed by atoms with E-state index in [-0.39, 0.29) is 18.0 Å². The summed E-state index contributed by atoms with van der Waals surface area (Å²) in [7, 11) is 1.75. The van der Waals surface area contributed by atoms with Crippen molar-refractivity contribution in [1.82, 2.24) is 14.9 Å². The maximum atomic E-state index is 12.0. The molecule has 0 fully saturated rings. The molecule has 0 saturated carbocycles. The number of aromatic carboxylic acids is 1. The number of rotatable bonds is 4. The Kier molecular flexibility index (Phi) is 3.84. The average molecular weight is 273 g/mol. The first-order valence-corrected chi connectivity index (χ1v) is 6.08. The van der Waals surface area contributed by atoms with Gasteiger partial charge in [-0.1, -0.05) is 12.1 Å². The van der Waals surface area contributed by atoms with Crippen LogP contribution in [0.2, 0.25) is 0 Å². The molecule has 2 rings (SSSR count). The zero-order valence-corrected chi connectivity index (χ0v) is 11.3. The van der Waals surface area contributed by atoms with Gasteiger partial charge in [0.25, 0.3) is 5.91 Å². The summed E-state index contributed by atoms with van der Waals surface area (Å²) in [6.45, 7) is 2.07. The molecular formula is C14H15N3O3. The Labute approximate surface area is 116 Å². The molecule has 0 atom stereocenters. The molecule has 0 spiro atoms. The van der Waals surface area contributed by atoms with Crippen LogP contribution in [-0.4, -0.2) is 26.5 Å². The number of nitrogens with one attached hydrogen (secondary N) is 1. The lowest BCUT2D eigenvalue weighted by Gasteiger charge is -2.06. The topological polar surface area (TPSA) is 84.2 Å². The Morgan fingerprint density at radius 1 is 1.40 bits per heavy atom. The molecule has 0 aliphatic heterocycles. The van der Waals surface area contributed by atoms with Crippen molar-refractivity contribution in [3.8, 4) is 0 Å². The largest absolute Gasteiger partial charge is 0.478 e. The number of aryl methyl sites for hydroxylation is 2. The number of carboxylic acid groups (broad SMARTS) is 1. The van der Waals surface area contributed by atoms with Crippen molar-refractivity contribution < 1.29 is 14.7 Å². The van der Waals surface area contributed by atoms with Crippen LogP contribution in [0.5, 0.6) is 0 Å². The van der Waals surface area contributed by atoms with Crippen molar-refractivity contribution in [2.45, 2.75) is 13.5 Å². The van der Waals surface area contributed by atoms with Crippen LogP contribution in [0.25, 0.3) is 0 Å². The van der Waals surface area contributed by atoms with Crippen LogP contribution in [0.3, 0.4) is 0 Å². The van der Waals surface area contributed by atoms with Crippen molar-refractivity contribution in [2.24, 2.45) is 7.05 Å². The molecule has 0 saturated heterocycles. The predicted octanol–water partition coefficient (Wildman–Crippen LogP) is 1.36. The average Bonchev–Trinajstić information content (AvgIpc) is 2.75. The van der Waals surface area contributed by atoms with Crippen LogP contribution >= 0.6 is 0 Å². The van der Waals surface area contributed by atoms with Crippen molar-refractivity contribution >= 4 is 11.9 Å². The van der Waals surface area contributed by atoms with Crippen molar-refractivity contribution in [3.63, 3.8) is 0 Å². The minimum absolute atomic E-state index is 0.199. The third-order valence-corrected chi connectivity index (χ3v) is 2.83. The number of hydrogen-bond donors (Lipinski definition) is 2. The van der Waals surface area contributed by atoms with Crippen LogP contribution in [-0.2, 0) is 13.6 Å². The number of carbonyl (C=O) groups is 2. The maximum Gasteiger partial charge on any atom is 0.335 e. The van der Waals surface area contributed by atoms with Gasteiger partial charge in [0.2, 0.25) is 0 Å². The standard InChI is InChI=1S/C14H15N3O3/c1-9-8-17(2)12(16-9)13(18)15-7-10-4-3-5-11(6-10)14(19)20/h3-6,8H,7H2,1-2H3,(H,15,18)(H,19,20). The number of nitrogens with zero attached hydrogens (tertiary/aromatic N) is 2. The summed E-state index contributed by atoms with van der Waals surface area (Å²) < 4.78 is 1.65. The van der Waals surface area contributed by atoms with Gasteiger partial charge in [-0.25, -0.2) is 9.78 Å². The molecule has 104 valence electrons. The molecule has 0 aliphatic rings. The van der Waals surface area contributed by atoms with Gasteiger partial charge in [0.05, 0.1) is 11.3 Å². The Balaban J connectivity index is 2.05. The fourth-order valence-corrected chi connectivity index (χ4v) is 1.90. The summed E-state index contributed by atoms with van der Waals surface area (Å²) in [5, 5.41) is 11.6.